The van der Waals surface area contributed by atoms with E-state index in [4.69, 9.17) is 0 Å². The lowest BCUT2D eigenvalue weighted by molar-refractivity contribution is 0.208. The third-order valence-electron chi connectivity index (χ3n) is 3.13. The van der Waals surface area contributed by atoms with Gasteiger partial charge in [-0.25, -0.2) is 13.2 Å². The summed E-state index contributed by atoms with van der Waals surface area (Å²) in [4.78, 5) is 13.6. The van der Waals surface area contributed by atoms with Crippen LogP contribution in [0.5, 0.6) is 0 Å². The minimum Gasteiger partial charge on any atom is -0.330 e. The summed E-state index contributed by atoms with van der Waals surface area (Å²) < 4.78 is 23.8. The first kappa shape index (κ1) is 12.9. The van der Waals surface area contributed by atoms with E-state index in [1.165, 1.54) is 4.90 Å². The van der Waals surface area contributed by atoms with Crippen molar-refractivity contribution in [1.82, 2.24) is 10.2 Å². The quantitative estimate of drug-likeness (QED) is 0.875. The number of rotatable bonds is 2. The predicted molar refractivity (Wildman–Crippen MR) is 68.1 cm³/mol. The average molecular weight is 268 g/mol. The van der Waals surface area contributed by atoms with E-state index in [-0.39, 0.29) is 11.8 Å². The van der Waals surface area contributed by atoms with Crippen molar-refractivity contribution in [1.29, 1.82) is 0 Å². The van der Waals surface area contributed by atoms with Gasteiger partial charge in [-0.05, 0) is 18.6 Å². The van der Waals surface area contributed by atoms with Gasteiger partial charge in [0, 0.05) is 13.6 Å². The molecule has 1 aromatic rings. The lowest BCUT2D eigenvalue weighted by Crippen LogP contribution is -2.39. The lowest BCUT2D eigenvalue weighted by atomic mass is 10.1. The summed E-state index contributed by atoms with van der Waals surface area (Å²) in [5.74, 6) is -0.0599. The number of hydrogen-bond donors (Lipinski definition) is 1. The molecule has 0 aromatic heterocycles. The molecule has 1 N–H and O–H groups in total. The summed E-state index contributed by atoms with van der Waals surface area (Å²) in [6, 6.07) is 6.10. The molecule has 0 spiro atoms. The molecule has 0 unspecified atom stereocenters. The van der Waals surface area contributed by atoms with Gasteiger partial charge in [0.05, 0.1) is 16.7 Å². The van der Waals surface area contributed by atoms with Gasteiger partial charge in [-0.1, -0.05) is 18.2 Å². The monoisotopic (exact) mass is 268 g/mol. The standard InChI is InChI=1S/C12H16N2O3S/c1-3-14(2)12(15)13-10-8-18(16,17)11-7-5-4-6-9(10)11/h4-7,10H,3,8H2,1-2H3,(H,13,15)/t10-/m1/s1. The zero-order valence-corrected chi connectivity index (χ0v) is 11.2. The highest BCUT2D eigenvalue weighted by molar-refractivity contribution is 7.91. The predicted octanol–water partition coefficient (Wildman–Crippen LogP) is 1.18. The third kappa shape index (κ3) is 2.20. The van der Waals surface area contributed by atoms with Crippen molar-refractivity contribution >= 4 is 15.9 Å². The van der Waals surface area contributed by atoms with Gasteiger partial charge in [-0.2, -0.15) is 0 Å². The van der Waals surface area contributed by atoms with E-state index in [0.717, 1.165) is 0 Å². The van der Waals surface area contributed by atoms with E-state index < -0.39 is 15.9 Å². The number of amides is 2. The SMILES string of the molecule is CCN(C)C(=O)N[C@@H]1CS(=O)(=O)c2ccccc21. The molecule has 1 aliphatic rings. The summed E-state index contributed by atoms with van der Waals surface area (Å²) in [7, 11) is -1.59. The maximum Gasteiger partial charge on any atom is 0.317 e. The van der Waals surface area contributed by atoms with Crippen LogP contribution in [0.2, 0.25) is 0 Å². The van der Waals surface area contributed by atoms with Crippen molar-refractivity contribution in [3.05, 3.63) is 29.8 Å². The van der Waals surface area contributed by atoms with E-state index in [1.807, 2.05) is 6.92 Å². The van der Waals surface area contributed by atoms with Crippen molar-refractivity contribution in [3.8, 4) is 0 Å². The van der Waals surface area contributed by atoms with Gasteiger partial charge < -0.3 is 10.2 Å². The lowest BCUT2D eigenvalue weighted by Gasteiger charge is -2.19. The number of fused-ring (bicyclic) bond motifs is 1. The van der Waals surface area contributed by atoms with Crippen LogP contribution < -0.4 is 5.32 Å². The van der Waals surface area contributed by atoms with Crippen LogP contribution in [0.25, 0.3) is 0 Å². The Kier molecular flexibility index (Phi) is 3.30. The molecule has 1 aliphatic heterocycles. The largest absolute Gasteiger partial charge is 0.330 e. The molecule has 98 valence electrons. The Morgan fingerprint density at radius 1 is 1.44 bits per heavy atom. The van der Waals surface area contributed by atoms with Gasteiger partial charge in [-0.3, -0.25) is 0 Å². The maximum absolute atomic E-state index is 11.9. The molecule has 0 fully saturated rings. The molecule has 0 saturated carbocycles. The molecule has 2 amide bonds. The number of hydrogen-bond acceptors (Lipinski definition) is 3. The van der Waals surface area contributed by atoms with E-state index >= 15 is 0 Å². The van der Waals surface area contributed by atoms with Crippen molar-refractivity contribution in [2.24, 2.45) is 0 Å². The highest BCUT2D eigenvalue weighted by Gasteiger charge is 2.35. The van der Waals surface area contributed by atoms with Crippen LogP contribution in [0.4, 0.5) is 4.79 Å². The van der Waals surface area contributed by atoms with Crippen LogP contribution in [0.1, 0.15) is 18.5 Å². The number of nitrogens with zero attached hydrogens (tertiary/aromatic N) is 1. The third-order valence-corrected chi connectivity index (χ3v) is 4.95. The first-order valence-electron chi connectivity index (χ1n) is 5.79. The van der Waals surface area contributed by atoms with Gasteiger partial charge in [-0.15, -0.1) is 0 Å². The number of carbonyl (C=O) groups is 1. The molecule has 1 atom stereocenters. The second-order valence-electron chi connectivity index (χ2n) is 4.34. The van der Waals surface area contributed by atoms with Gasteiger partial charge in [0.2, 0.25) is 0 Å². The van der Waals surface area contributed by atoms with E-state index in [0.29, 0.717) is 17.0 Å². The molecule has 2 rings (SSSR count). The Hall–Kier alpha value is -1.56. The first-order valence-corrected chi connectivity index (χ1v) is 7.44. The molecule has 5 nitrogen and oxygen atoms in total. The van der Waals surface area contributed by atoms with Crippen LogP contribution in [-0.2, 0) is 9.84 Å². The Bertz CT molecular complexity index is 568. The molecule has 6 heteroatoms. The number of urea groups is 1. The molecule has 0 radical (unpaired) electrons. The van der Waals surface area contributed by atoms with Crippen molar-refractivity contribution in [2.45, 2.75) is 17.9 Å². The fourth-order valence-corrected chi connectivity index (χ4v) is 3.71. The Morgan fingerprint density at radius 3 is 2.78 bits per heavy atom. The Balaban J connectivity index is 2.26. The highest BCUT2D eigenvalue weighted by atomic mass is 32.2. The van der Waals surface area contributed by atoms with Crippen molar-refractivity contribution < 1.29 is 13.2 Å². The molecule has 0 aliphatic carbocycles. The first-order chi connectivity index (χ1) is 8.45. The molecule has 1 heterocycles. The number of benzene rings is 1. The minimum absolute atomic E-state index is 0.0599. The summed E-state index contributed by atoms with van der Waals surface area (Å²) in [5, 5.41) is 2.75. The zero-order chi connectivity index (χ0) is 13.3. The highest BCUT2D eigenvalue weighted by Crippen LogP contribution is 2.32. The Morgan fingerprint density at radius 2 is 2.11 bits per heavy atom. The minimum atomic E-state index is -3.27. The van der Waals surface area contributed by atoms with E-state index in [1.54, 1.807) is 31.3 Å². The zero-order valence-electron chi connectivity index (χ0n) is 10.4. The fraction of sp³-hybridized carbons (Fsp3) is 0.417. The van der Waals surface area contributed by atoms with E-state index in [2.05, 4.69) is 5.32 Å². The maximum atomic E-state index is 11.9. The van der Waals surface area contributed by atoms with Gasteiger partial charge >= 0.3 is 6.03 Å². The van der Waals surface area contributed by atoms with Crippen LogP contribution in [0.3, 0.4) is 0 Å². The smallest absolute Gasteiger partial charge is 0.317 e. The molecule has 1 aromatic carbocycles. The topological polar surface area (TPSA) is 66.5 Å². The second kappa shape index (κ2) is 4.61. The summed E-state index contributed by atoms with van der Waals surface area (Å²) in [6.45, 7) is 2.44. The van der Waals surface area contributed by atoms with E-state index in [9.17, 15) is 13.2 Å². The summed E-state index contributed by atoms with van der Waals surface area (Å²) >= 11 is 0. The van der Waals surface area contributed by atoms with Gasteiger partial charge in [0.25, 0.3) is 0 Å². The number of nitrogens with one attached hydrogen (secondary N) is 1. The van der Waals surface area contributed by atoms with Crippen molar-refractivity contribution in [3.63, 3.8) is 0 Å². The van der Waals surface area contributed by atoms with Crippen LogP contribution >= 0.6 is 0 Å². The normalized spacial score (nSPS) is 20.2. The second-order valence-corrected chi connectivity index (χ2v) is 6.34. The van der Waals surface area contributed by atoms with Gasteiger partial charge in [0.15, 0.2) is 9.84 Å². The van der Waals surface area contributed by atoms with Crippen LogP contribution in [-0.4, -0.2) is 38.7 Å². The fourth-order valence-electron chi connectivity index (χ4n) is 1.97. The van der Waals surface area contributed by atoms with Crippen molar-refractivity contribution in [2.75, 3.05) is 19.3 Å². The Labute approximate surface area is 107 Å². The van der Waals surface area contributed by atoms with Crippen LogP contribution in [0, 0.1) is 0 Å². The molecule has 0 bridgehead atoms. The van der Waals surface area contributed by atoms with Crippen LogP contribution in [0.15, 0.2) is 29.2 Å². The van der Waals surface area contributed by atoms with Gasteiger partial charge in [0.1, 0.15) is 0 Å². The molecule has 0 saturated heterocycles. The number of carbonyl (C=O) groups excluding carboxylic acids is 1. The summed E-state index contributed by atoms with van der Waals surface area (Å²) in [5.41, 5.74) is 0.676. The number of sulfone groups is 1. The molecule has 18 heavy (non-hydrogen) atoms. The summed E-state index contributed by atoms with van der Waals surface area (Å²) in [6.07, 6.45) is 0. The average Bonchev–Trinajstić information content (AvgIpc) is 2.61. The molecular weight excluding hydrogens is 252 g/mol. The molecular formula is C12H16N2O3S.